The highest BCUT2D eigenvalue weighted by atomic mass is 16.5. The predicted molar refractivity (Wildman–Crippen MR) is 143 cm³/mol. The topological polar surface area (TPSA) is 108 Å². The molecule has 3 N–H and O–H groups in total. The predicted octanol–water partition coefficient (Wildman–Crippen LogP) is 4.34. The number of nitrogens with one attached hydrogen (secondary N) is 2. The molecule has 0 bridgehead atoms. The van der Waals surface area contributed by atoms with Gasteiger partial charge in [0.1, 0.15) is 24.4 Å². The number of urea groups is 1. The van der Waals surface area contributed by atoms with E-state index in [-0.39, 0.29) is 13.2 Å². The number of hydrogen-bond acceptors (Lipinski definition) is 5. The van der Waals surface area contributed by atoms with E-state index >= 15 is 0 Å². The lowest BCUT2D eigenvalue weighted by Gasteiger charge is -2.30. The first-order valence-electron chi connectivity index (χ1n) is 12.9. The maximum absolute atomic E-state index is 13.7. The van der Waals surface area contributed by atoms with Crippen LogP contribution in [0.15, 0.2) is 78.9 Å². The van der Waals surface area contributed by atoms with E-state index in [1.165, 1.54) is 18.4 Å². The molecule has 4 amide bonds. The first-order chi connectivity index (χ1) is 18.5. The number of amides is 4. The summed E-state index contributed by atoms with van der Waals surface area (Å²) in [5.74, 6) is -0.240. The fourth-order valence-corrected chi connectivity index (χ4v) is 4.88. The highest BCUT2D eigenvalue weighted by molar-refractivity contribution is 6.09. The van der Waals surface area contributed by atoms with E-state index in [4.69, 9.17) is 9.84 Å². The van der Waals surface area contributed by atoms with Gasteiger partial charge in [0, 0.05) is 11.6 Å². The van der Waals surface area contributed by atoms with Crippen molar-refractivity contribution < 1.29 is 24.2 Å². The molecular weight excluding hydrogens is 482 g/mol. The Morgan fingerprint density at radius 3 is 2.29 bits per heavy atom. The van der Waals surface area contributed by atoms with Gasteiger partial charge in [0.25, 0.3) is 5.91 Å². The molecule has 1 saturated heterocycles. The van der Waals surface area contributed by atoms with Gasteiger partial charge in [-0.3, -0.25) is 9.59 Å². The van der Waals surface area contributed by atoms with Gasteiger partial charge in [-0.1, -0.05) is 61.5 Å². The molecule has 1 saturated carbocycles. The van der Waals surface area contributed by atoms with Crippen molar-refractivity contribution in [1.82, 2.24) is 10.2 Å². The van der Waals surface area contributed by atoms with E-state index in [9.17, 15) is 14.4 Å². The number of aliphatic hydroxyl groups is 1. The zero-order chi connectivity index (χ0) is 26.6. The van der Waals surface area contributed by atoms with Crippen LogP contribution in [-0.4, -0.2) is 47.1 Å². The molecule has 5 rings (SSSR count). The molecule has 2 aliphatic rings. The number of aliphatic hydroxyl groups excluding tert-OH is 1. The number of carbonyl (C=O) groups excluding carboxylic acids is 3. The zero-order valence-electron chi connectivity index (χ0n) is 21.2. The largest absolute Gasteiger partial charge is 0.491 e. The van der Waals surface area contributed by atoms with E-state index in [1.54, 1.807) is 24.3 Å². The molecule has 38 heavy (non-hydrogen) atoms. The quantitative estimate of drug-likeness (QED) is 0.350. The third-order valence-electron chi connectivity index (χ3n) is 7.12. The minimum atomic E-state index is -1.06. The number of ether oxygens (including phenoxy) is 1. The van der Waals surface area contributed by atoms with Gasteiger partial charge in [-0.05, 0) is 59.7 Å². The highest BCUT2D eigenvalue weighted by Crippen LogP contribution is 2.40. The fraction of sp³-hybridized carbons (Fsp3) is 0.300. The summed E-state index contributed by atoms with van der Waals surface area (Å²) in [4.78, 5) is 41.6. The Labute approximate surface area is 221 Å². The van der Waals surface area contributed by atoms with Crippen molar-refractivity contribution in [3.63, 3.8) is 0 Å². The summed E-state index contributed by atoms with van der Waals surface area (Å²) in [5, 5.41) is 14.6. The molecule has 8 nitrogen and oxygen atoms in total. The number of carbonyl (C=O) groups is 3. The summed E-state index contributed by atoms with van der Waals surface area (Å²) in [7, 11) is 0. The van der Waals surface area contributed by atoms with Crippen LogP contribution in [0.25, 0.3) is 0 Å². The fourth-order valence-electron chi connectivity index (χ4n) is 4.88. The second kappa shape index (κ2) is 11.1. The molecule has 0 radical (unpaired) electrons. The lowest BCUT2D eigenvalue weighted by molar-refractivity contribution is -0.134. The smallest absolute Gasteiger partial charge is 0.325 e. The van der Waals surface area contributed by atoms with Crippen LogP contribution in [0.1, 0.15) is 54.3 Å². The van der Waals surface area contributed by atoms with Crippen LogP contribution < -0.4 is 15.4 Å². The van der Waals surface area contributed by atoms with Crippen molar-refractivity contribution >= 4 is 23.5 Å². The van der Waals surface area contributed by atoms with Crippen LogP contribution in [0.2, 0.25) is 0 Å². The van der Waals surface area contributed by atoms with Crippen molar-refractivity contribution in [1.29, 1.82) is 0 Å². The van der Waals surface area contributed by atoms with Gasteiger partial charge in [-0.2, -0.15) is 0 Å². The number of rotatable bonds is 10. The van der Waals surface area contributed by atoms with Crippen molar-refractivity contribution in [3.05, 3.63) is 95.6 Å². The van der Waals surface area contributed by atoms with E-state index in [2.05, 4.69) is 10.6 Å². The van der Waals surface area contributed by atoms with Crippen LogP contribution in [0.4, 0.5) is 10.5 Å². The summed E-state index contributed by atoms with van der Waals surface area (Å²) in [6.45, 7) is 1.89. The van der Waals surface area contributed by atoms with E-state index in [1.807, 2.05) is 61.5 Å². The van der Waals surface area contributed by atoms with E-state index in [0.717, 1.165) is 10.5 Å². The van der Waals surface area contributed by atoms with Crippen molar-refractivity contribution in [3.8, 4) is 5.75 Å². The Morgan fingerprint density at radius 2 is 1.66 bits per heavy atom. The molecule has 3 aromatic carbocycles. The third kappa shape index (κ3) is 5.40. The molecule has 3 atom stereocenters. The van der Waals surface area contributed by atoms with Gasteiger partial charge in [0.2, 0.25) is 5.91 Å². The van der Waals surface area contributed by atoms with Crippen LogP contribution >= 0.6 is 0 Å². The highest BCUT2D eigenvalue weighted by Gasteiger charge is 2.47. The average Bonchev–Trinajstić information content (AvgIpc) is 3.75. The van der Waals surface area contributed by atoms with Crippen LogP contribution in [0.3, 0.4) is 0 Å². The monoisotopic (exact) mass is 513 g/mol. The van der Waals surface area contributed by atoms with Crippen molar-refractivity contribution in [2.24, 2.45) is 0 Å². The summed E-state index contributed by atoms with van der Waals surface area (Å²) in [5.41, 5.74) is 3.28. The first-order valence-corrected chi connectivity index (χ1v) is 12.9. The second-order valence-electron chi connectivity index (χ2n) is 9.76. The SMILES string of the molecule is C[C@@H](c1ccccc1)[C@@H](C(=O)Nc1ccc(C2CC2)cc1)N1C(=O)N[C@H](c2ccc(OCCO)cc2)C1=O. The Balaban J connectivity index is 1.40. The Bertz CT molecular complexity index is 1290. The molecule has 0 spiro atoms. The molecule has 1 heterocycles. The lowest BCUT2D eigenvalue weighted by Crippen LogP contribution is -2.50. The number of nitrogens with zero attached hydrogens (tertiary/aromatic N) is 1. The first kappa shape index (κ1) is 25.5. The Kier molecular flexibility index (Phi) is 7.42. The van der Waals surface area contributed by atoms with Crippen LogP contribution in [0.5, 0.6) is 5.75 Å². The summed E-state index contributed by atoms with van der Waals surface area (Å²) < 4.78 is 5.39. The molecule has 2 fully saturated rings. The molecule has 3 aromatic rings. The molecular formula is C30H31N3O5. The molecule has 0 unspecified atom stereocenters. The maximum Gasteiger partial charge on any atom is 0.325 e. The van der Waals surface area contributed by atoms with Gasteiger partial charge < -0.3 is 20.5 Å². The minimum Gasteiger partial charge on any atom is -0.491 e. The van der Waals surface area contributed by atoms with E-state index < -0.39 is 35.8 Å². The normalized spacial score (nSPS) is 18.6. The van der Waals surface area contributed by atoms with Gasteiger partial charge in [0.05, 0.1) is 6.61 Å². The minimum absolute atomic E-state index is 0.110. The average molecular weight is 514 g/mol. The number of anilines is 1. The van der Waals surface area contributed by atoms with E-state index in [0.29, 0.717) is 22.9 Å². The van der Waals surface area contributed by atoms with Crippen LogP contribution in [-0.2, 0) is 9.59 Å². The molecule has 8 heteroatoms. The maximum atomic E-state index is 13.7. The van der Waals surface area contributed by atoms with Crippen LogP contribution in [0, 0.1) is 0 Å². The zero-order valence-corrected chi connectivity index (χ0v) is 21.2. The number of hydrogen-bond donors (Lipinski definition) is 3. The van der Waals surface area contributed by atoms with Gasteiger partial charge in [-0.15, -0.1) is 0 Å². The van der Waals surface area contributed by atoms with Crippen molar-refractivity contribution in [2.75, 3.05) is 18.5 Å². The molecule has 196 valence electrons. The third-order valence-corrected chi connectivity index (χ3v) is 7.12. The lowest BCUT2D eigenvalue weighted by atomic mass is 9.91. The van der Waals surface area contributed by atoms with Crippen molar-refractivity contribution in [2.45, 2.75) is 43.7 Å². The Hall–Kier alpha value is -4.17. The molecule has 1 aliphatic heterocycles. The van der Waals surface area contributed by atoms with Gasteiger partial charge >= 0.3 is 6.03 Å². The van der Waals surface area contributed by atoms with Gasteiger partial charge in [-0.25, -0.2) is 9.69 Å². The molecule has 1 aliphatic carbocycles. The second-order valence-corrected chi connectivity index (χ2v) is 9.76. The molecule has 0 aromatic heterocycles. The Morgan fingerprint density at radius 1 is 1.00 bits per heavy atom. The number of benzene rings is 3. The summed E-state index contributed by atoms with van der Waals surface area (Å²) in [6.07, 6.45) is 2.38. The standard InChI is InChI=1S/C30H31N3O5/c1-19(20-5-3-2-4-6-20)27(28(35)31-24-13-9-22(10-14-24)21-7-8-21)33-29(36)26(32-30(33)37)23-11-15-25(16-12-23)38-18-17-34/h2-6,9-16,19,21,26-27,34H,7-8,17-18H2,1H3,(H,31,35)(H,32,37)/t19-,26+,27-/m0/s1. The number of imide groups is 1. The summed E-state index contributed by atoms with van der Waals surface area (Å²) in [6, 6.07) is 21.3. The summed E-state index contributed by atoms with van der Waals surface area (Å²) >= 11 is 0. The van der Waals surface area contributed by atoms with Gasteiger partial charge in [0.15, 0.2) is 0 Å².